The molecule has 94 valence electrons. The molecule has 0 atom stereocenters. The topological polar surface area (TPSA) is 54.0 Å². The zero-order chi connectivity index (χ0) is 12.8. The Labute approximate surface area is 110 Å². The molecule has 2 aromatic heterocycles. The standard InChI is InChI=1S/C13H15N3OS/c1-14-10-4-6-15-12(9-10)13(17)16-7-5-11-3-2-8-18-11/h2-4,6,8-9H,5,7H2,1H3,(H,14,15)(H,16,17). The van der Waals surface area contributed by atoms with E-state index >= 15 is 0 Å². The number of anilines is 1. The quantitative estimate of drug-likeness (QED) is 0.867. The van der Waals surface area contributed by atoms with Crippen LogP contribution in [0.15, 0.2) is 35.8 Å². The summed E-state index contributed by atoms with van der Waals surface area (Å²) in [5, 5.41) is 7.89. The van der Waals surface area contributed by atoms with Crippen molar-refractivity contribution in [3.63, 3.8) is 0 Å². The van der Waals surface area contributed by atoms with Crippen LogP contribution in [-0.2, 0) is 6.42 Å². The number of amides is 1. The Kier molecular flexibility index (Phi) is 4.30. The van der Waals surface area contributed by atoms with Crippen LogP contribution in [0.3, 0.4) is 0 Å². The molecule has 0 fully saturated rings. The van der Waals surface area contributed by atoms with Crippen LogP contribution in [0.1, 0.15) is 15.4 Å². The van der Waals surface area contributed by atoms with Gasteiger partial charge in [-0.3, -0.25) is 9.78 Å². The molecule has 1 amide bonds. The van der Waals surface area contributed by atoms with Crippen molar-refractivity contribution in [2.45, 2.75) is 6.42 Å². The van der Waals surface area contributed by atoms with E-state index in [0.717, 1.165) is 12.1 Å². The molecular weight excluding hydrogens is 246 g/mol. The summed E-state index contributed by atoms with van der Waals surface area (Å²) in [5.41, 5.74) is 1.32. The highest BCUT2D eigenvalue weighted by molar-refractivity contribution is 7.09. The molecule has 0 aliphatic rings. The molecule has 0 aliphatic heterocycles. The summed E-state index contributed by atoms with van der Waals surface area (Å²) in [7, 11) is 1.81. The number of thiophene rings is 1. The highest BCUT2D eigenvalue weighted by atomic mass is 32.1. The lowest BCUT2D eigenvalue weighted by Crippen LogP contribution is -2.26. The van der Waals surface area contributed by atoms with Crippen LogP contribution in [0.4, 0.5) is 5.69 Å². The highest BCUT2D eigenvalue weighted by Crippen LogP contribution is 2.09. The smallest absolute Gasteiger partial charge is 0.269 e. The third kappa shape index (κ3) is 3.30. The molecule has 2 N–H and O–H groups in total. The van der Waals surface area contributed by atoms with Crippen molar-refractivity contribution >= 4 is 22.9 Å². The largest absolute Gasteiger partial charge is 0.388 e. The van der Waals surface area contributed by atoms with Gasteiger partial charge in [-0.25, -0.2) is 0 Å². The summed E-state index contributed by atoms with van der Waals surface area (Å²) in [6.07, 6.45) is 2.48. The second-order valence-electron chi connectivity index (χ2n) is 3.77. The van der Waals surface area contributed by atoms with Gasteiger partial charge in [-0.05, 0) is 30.0 Å². The number of hydrogen-bond acceptors (Lipinski definition) is 4. The Morgan fingerprint density at radius 2 is 2.33 bits per heavy atom. The Balaban J connectivity index is 1.87. The normalized spacial score (nSPS) is 10.1. The van der Waals surface area contributed by atoms with Crippen molar-refractivity contribution in [1.82, 2.24) is 10.3 Å². The van der Waals surface area contributed by atoms with E-state index in [-0.39, 0.29) is 5.91 Å². The number of rotatable bonds is 5. The average Bonchev–Trinajstić information content (AvgIpc) is 2.92. The summed E-state index contributed by atoms with van der Waals surface area (Å²) >= 11 is 1.70. The van der Waals surface area contributed by atoms with Crippen molar-refractivity contribution in [2.75, 3.05) is 18.9 Å². The molecule has 2 rings (SSSR count). The number of nitrogens with one attached hydrogen (secondary N) is 2. The predicted molar refractivity (Wildman–Crippen MR) is 74.1 cm³/mol. The molecule has 18 heavy (non-hydrogen) atoms. The molecule has 0 unspecified atom stereocenters. The monoisotopic (exact) mass is 261 g/mol. The van der Waals surface area contributed by atoms with Crippen molar-refractivity contribution in [3.05, 3.63) is 46.4 Å². The fourth-order valence-corrected chi connectivity index (χ4v) is 2.26. The Bertz CT molecular complexity index is 511. The number of carbonyl (C=O) groups is 1. The molecular formula is C13H15N3OS. The van der Waals surface area contributed by atoms with Crippen LogP contribution in [-0.4, -0.2) is 24.5 Å². The van der Waals surface area contributed by atoms with Gasteiger partial charge in [0.25, 0.3) is 5.91 Å². The van der Waals surface area contributed by atoms with E-state index in [4.69, 9.17) is 0 Å². The van der Waals surface area contributed by atoms with Crippen LogP contribution >= 0.6 is 11.3 Å². The summed E-state index contributed by atoms with van der Waals surface area (Å²) in [4.78, 5) is 17.2. The maximum absolute atomic E-state index is 11.8. The maximum atomic E-state index is 11.8. The van der Waals surface area contributed by atoms with E-state index in [9.17, 15) is 4.79 Å². The third-order valence-corrected chi connectivity index (χ3v) is 3.45. The fraction of sp³-hybridized carbons (Fsp3) is 0.231. The Hall–Kier alpha value is -1.88. The van der Waals surface area contributed by atoms with Gasteiger partial charge >= 0.3 is 0 Å². The average molecular weight is 261 g/mol. The summed E-state index contributed by atoms with van der Waals surface area (Å²) in [6.45, 7) is 0.630. The van der Waals surface area contributed by atoms with Crippen molar-refractivity contribution in [3.8, 4) is 0 Å². The van der Waals surface area contributed by atoms with Gasteiger partial charge < -0.3 is 10.6 Å². The van der Waals surface area contributed by atoms with E-state index in [0.29, 0.717) is 12.2 Å². The molecule has 0 aromatic carbocycles. The number of nitrogens with zero attached hydrogens (tertiary/aromatic N) is 1. The molecule has 0 radical (unpaired) electrons. The number of aromatic nitrogens is 1. The fourth-order valence-electron chi connectivity index (χ4n) is 1.55. The molecule has 0 saturated heterocycles. The number of pyridine rings is 1. The minimum absolute atomic E-state index is 0.136. The molecule has 4 nitrogen and oxygen atoms in total. The SMILES string of the molecule is CNc1ccnc(C(=O)NCCc2cccs2)c1. The Morgan fingerprint density at radius 1 is 1.44 bits per heavy atom. The minimum Gasteiger partial charge on any atom is -0.388 e. The molecule has 5 heteroatoms. The van der Waals surface area contributed by atoms with Gasteiger partial charge in [0.1, 0.15) is 5.69 Å². The van der Waals surface area contributed by atoms with Gasteiger partial charge in [0.15, 0.2) is 0 Å². The van der Waals surface area contributed by atoms with Crippen LogP contribution in [0.2, 0.25) is 0 Å². The lowest BCUT2D eigenvalue weighted by atomic mass is 10.3. The Morgan fingerprint density at radius 3 is 3.06 bits per heavy atom. The zero-order valence-corrected chi connectivity index (χ0v) is 11.0. The maximum Gasteiger partial charge on any atom is 0.269 e. The zero-order valence-electron chi connectivity index (χ0n) is 10.1. The summed E-state index contributed by atoms with van der Waals surface area (Å²) in [5.74, 6) is -0.136. The lowest BCUT2D eigenvalue weighted by Gasteiger charge is -2.05. The van der Waals surface area contributed by atoms with Gasteiger partial charge in [0.05, 0.1) is 0 Å². The number of hydrogen-bond donors (Lipinski definition) is 2. The first-order valence-corrected chi connectivity index (χ1v) is 6.62. The van der Waals surface area contributed by atoms with E-state index in [2.05, 4.69) is 21.7 Å². The van der Waals surface area contributed by atoms with Crippen LogP contribution < -0.4 is 10.6 Å². The van der Waals surface area contributed by atoms with Gasteiger partial charge in [-0.15, -0.1) is 11.3 Å². The van der Waals surface area contributed by atoms with Gasteiger partial charge in [-0.1, -0.05) is 6.07 Å². The minimum atomic E-state index is -0.136. The van der Waals surface area contributed by atoms with Crippen LogP contribution in [0.25, 0.3) is 0 Å². The van der Waals surface area contributed by atoms with E-state index in [1.807, 2.05) is 24.6 Å². The van der Waals surface area contributed by atoms with Gasteiger partial charge in [0, 0.05) is 30.4 Å². The summed E-state index contributed by atoms with van der Waals surface area (Å²) < 4.78 is 0. The highest BCUT2D eigenvalue weighted by Gasteiger charge is 2.06. The first kappa shape index (κ1) is 12.6. The van der Waals surface area contributed by atoms with Crippen molar-refractivity contribution in [1.29, 1.82) is 0 Å². The molecule has 0 spiro atoms. The van der Waals surface area contributed by atoms with E-state index in [1.54, 1.807) is 23.6 Å². The second kappa shape index (κ2) is 6.16. The third-order valence-electron chi connectivity index (χ3n) is 2.52. The predicted octanol–water partition coefficient (Wildman–Crippen LogP) is 2.16. The van der Waals surface area contributed by atoms with Crippen molar-refractivity contribution < 1.29 is 4.79 Å². The van der Waals surface area contributed by atoms with Crippen molar-refractivity contribution in [2.24, 2.45) is 0 Å². The first-order valence-electron chi connectivity index (χ1n) is 5.74. The van der Waals surface area contributed by atoms with Gasteiger partial charge in [-0.2, -0.15) is 0 Å². The molecule has 2 heterocycles. The second-order valence-corrected chi connectivity index (χ2v) is 4.80. The first-order chi connectivity index (χ1) is 8.79. The molecule has 0 aliphatic carbocycles. The molecule has 2 aromatic rings. The van der Waals surface area contributed by atoms with E-state index < -0.39 is 0 Å². The van der Waals surface area contributed by atoms with Crippen LogP contribution in [0, 0.1) is 0 Å². The van der Waals surface area contributed by atoms with Crippen LogP contribution in [0.5, 0.6) is 0 Å². The lowest BCUT2D eigenvalue weighted by molar-refractivity contribution is 0.0949. The number of carbonyl (C=O) groups excluding carboxylic acids is 1. The van der Waals surface area contributed by atoms with E-state index in [1.165, 1.54) is 4.88 Å². The van der Waals surface area contributed by atoms with Gasteiger partial charge in [0.2, 0.25) is 0 Å². The molecule has 0 saturated carbocycles. The summed E-state index contributed by atoms with van der Waals surface area (Å²) in [6, 6.07) is 7.64. The molecule has 0 bridgehead atoms.